The second kappa shape index (κ2) is 7.91. The molecule has 0 aliphatic rings. The number of rotatable bonds is 4. The Balaban J connectivity index is 1.69. The van der Waals surface area contributed by atoms with Crippen molar-refractivity contribution in [1.82, 2.24) is 4.57 Å². The molecule has 0 saturated carbocycles. The second-order valence-electron chi connectivity index (χ2n) is 6.11. The fraction of sp³-hybridized carbons (Fsp3) is 0.0909. The molecule has 0 amide bonds. The molecule has 3 aromatic carbocycles. The average Bonchev–Trinajstić information content (AvgIpc) is 3.12. The van der Waals surface area contributed by atoms with Gasteiger partial charge < -0.3 is 4.57 Å². The lowest BCUT2D eigenvalue weighted by molar-refractivity contribution is 0.737. The van der Waals surface area contributed by atoms with Crippen molar-refractivity contribution in [1.29, 1.82) is 0 Å². The summed E-state index contributed by atoms with van der Waals surface area (Å²) >= 11 is 7.51. The van der Waals surface area contributed by atoms with E-state index in [1.807, 2.05) is 24.3 Å². The van der Waals surface area contributed by atoms with Crippen LogP contribution in [0.15, 0.2) is 82.3 Å². The first kappa shape index (κ1) is 17.7. The zero-order valence-electron chi connectivity index (χ0n) is 14.8. The molecular formula is C22H18ClN3S. The molecule has 0 aliphatic carbocycles. The summed E-state index contributed by atoms with van der Waals surface area (Å²) in [6.45, 7) is 2.96. The van der Waals surface area contributed by atoms with Gasteiger partial charge >= 0.3 is 0 Å². The van der Waals surface area contributed by atoms with E-state index in [0.29, 0.717) is 5.02 Å². The van der Waals surface area contributed by atoms with Gasteiger partial charge in [0, 0.05) is 16.9 Å². The van der Waals surface area contributed by atoms with Crippen LogP contribution in [0, 0.1) is 0 Å². The fourth-order valence-corrected chi connectivity index (χ4v) is 4.04. The minimum atomic E-state index is 0.714. The number of thiazole rings is 1. The van der Waals surface area contributed by atoms with Gasteiger partial charge in [-0.2, -0.15) is 5.10 Å². The van der Waals surface area contributed by atoms with Crippen LogP contribution in [-0.2, 0) is 6.54 Å². The molecule has 4 rings (SSSR count). The average molecular weight is 392 g/mol. The second-order valence-corrected chi connectivity index (χ2v) is 7.38. The molecule has 0 aliphatic heterocycles. The molecule has 0 radical (unpaired) electrons. The summed E-state index contributed by atoms with van der Waals surface area (Å²) in [6, 6.07) is 22.5. The maximum atomic E-state index is 5.91. The number of hydrogen-bond donors (Lipinski definition) is 0. The number of halogens is 1. The van der Waals surface area contributed by atoms with Crippen molar-refractivity contribution in [2.45, 2.75) is 13.5 Å². The molecule has 134 valence electrons. The highest BCUT2D eigenvalue weighted by Gasteiger charge is 2.07. The summed E-state index contributed by atoms with van der Waals surface area (Å²) in [5, 5.41) is 14.0. The molecular weight excluding hydrogens is 374 g/mol. The van der Waals surface area contributed by atoms with Crippen LogP contribution in [0.2, 0.25) is 5.02 Å². The summed E-state index contributed by atoms with van der Waals surface area (Å²) in [4.78, 5) is 0.880. The quantitative estimate of drug-likeness (QED) is 0.302. The molecule has 1 heterocycles. The summed E-state index contributed by atoms with van der Waals surface area (Å²) in [5.74, 6) is 0. The third-order valence-corrected chi connectivity index (χ3v) is 5.49. The normalized spacial score (nSPS) is 12.3. The fourth-order valence-electron chi connectivity index (χ4n) is 2.99. The third-order valence-electron chi connectivity index (χ3n) is 4.38. The first-order chi connectivity index (χ1) is 13.2. The van der Waals surface area contributed by atoms with Gasteiger partial charge in [0.15, 0.2) is 0 Å². The van der Waals surface area contributed by atoms with Gasteiger partial charge in [-0.3, -0.25) is 0 Å². The molecule has 0 bridgehead atoms. The van der Waals surface area contributed by atoms with Crippen molar-refractivity contribution < 1.29 is 0 Å². The van der Waals surface area contributed by atoms with Crippen LogP contribution in [0.3, 0.4) is 0 Å². The van der Waals surface area contributed by atoms with E-state index in [4.69, 9.17) is 11.6 Å². The molecule has 5 heteroatoms. The van der Waals surface area contributed by atoms with E-state index in [1.54, 1.807) is 17.6 Å². The SMILES string of the molecule is CCn1c(-c2ccc3ccccc3c2)cs/c1=N\N=C/c1ccc(Cl)cc1. The van der Waals surface area contributed by atoms with Crippen LogP contribution in [0.4, 0.5) is 0 Å². The van der Waals surface area contributed by atoms with Gasteiger partial charge in [-0.1, -0.05) is 60.1 Å². The summed E-state index contributed by atoms with van der Waals surface area (Å²) in [5.41, 5.74) is 3.32. The number of aromatic nitrogens is 1. The number of fused-ring (bicyclic) bond motifs is 1. The van der Waals surface area contributed by atoms with Crippen molar-refractivity contribution in [3.63, 3.8) is 0 Å². The monoisotopic (exact) mass is 391 g/mol. The van der Waals surface area contributed by atoms with Gasteiger partial charge in [0.05, 0.1) is 11.9 Å². The maximum absolute atomic E-state index is 5.91. The Morgan fingerprint density at radius 2 is 1.78 bits per heavy atom. The minimum absolute atomic E-state index is 0.714. The largest absolute Gasteiger partial charge is 0.315 e. The van der Waals surface area contributed by atoms with Crippen molar-refractivity contribution in [3.05, 3.63) is 87.5 Å². The molecule has 0 fully saturated rings. The molecule has 0 atom stereocenters. The molecule has 0 saturated heterocycles. The van der Waals surface area contributed by atoms with Gasteiger partial charge in [0.1, 0.15) is 0 Å². The van der Waals surface area contributed by atoms with E-state index in [-0.39, 0.29) is 0 Å². The van der Waals surface area contributed by atoms with Crippen molar-refractivity contribution in [2.24, 2.45) is 10.2 Å². The summed E-state index contributed by atoms with van der Waals surface area (Å²) in [6.07, 6.45) is 1.74. The van der Waals surface area contributed by atoms with Crippen LogP contribution in [-0.4, -0.2) is 10.8 Å². The lowest BCUT2D eigenvalue weighted by Gasteiger charge is -2.07. The molecule has 4 aromatic rings. The lowest BCUT2D eigenvalue weighted by atomic mass is 10.1. The smallest absolute Gasteiger partial charge is 0.211 e. The first-order valence-corrected chi connectivity index (χ1v) is 10.0. The Kier molecular flexibility index (Phi) is 5.19. The predicted octanol–water partition coefficient (Wildman–Crippen LogP) is 5.98. The summed E-state index contributed by atoms with van der Waals surface area (Å²) in [7, 11) is 0. The van der Waals surface area contributed by atoms with E-state index >= 15 is 0 Å². The predicted molar refractivity (Wildman–Crippen MR) is 116 cm³/mol. The van der Waals surface area contributed by atoms with Gasteiger partial charge in [-0.05, 0) is 47.0 Å². The van der Waals surface area contributed by atoms with Crippen LogP contribution in [0.5, 0.6) is 0 Å². The van der Waals surface area contributed by atoms with Crippen molar-refractivity contribution in [3.8, 4) is 11.3 Å². The Bertz CT molecular complexity index is 1170. The molecule has 0 spiro atoms. The first-order valence-electron chi connectivity index (χ1n) is 8.75. The highest BCUT2D eigenvalue weighted by atomic mass is 35.5. The molecule has 1 aromatic heterocycles. The van der Waals surface area contributed by atoms with Gasteiger partial charge in [0.25, 0.3) is 0 Å². The number of nitrogens with zero attached hydrogens (tertiary/aromatic N) is 3. The molecule has 3 nitrogen and oxygen atoms in total. The summed E-state index contributed by atoms with van der Waals surface area (Å²) < 4.78 is 2.19. The van der Waals surface area contributed by atoms with Crippen molar-refractivity contribution in [2.75, 3.05) is 0 Å². The van der Waals surface area contributed by atoms with Gasteiger partial charge in [0.2, 0.25) is 4.80 Å². The number of hydrogen-bond acceptors (Lipinski definition) is 3. The highest BCUT2D eigenvalue weighted by molar-refractivity contribution is 7.07. The Hall–Kier alpha value is -2.69. The van der Waals surface area contributed by atoms with Crippen LogP contribution >= 0.6 is 22.9 Å². The highest BCUT2D eigenvalue weighted by Crippen LogP contribution is 2.25. The molecule has 0 unspecified atom stereocenters. The Morgan fingerprint density at radius 3 is 2.56 bits per heavy atom. The van der Waals surface area contributed by atoms with E-state index in [0.717, 1.165) is 22.6 Å². The van der Waals surface area contributed by atoms with E-state index in [2.05, 4.69) is 69.5 Å². The lowest BCUT2D eigenvalue weighted by Crippen LogP contribution is -2.14. The van der Waals surface area contributed by atoms with E-state index in [1.165, 1.54) is 16.3 Å². The maximum Gasteiger partial charge on any atom is 0.211 e. The zero-order chi connectivity index (χ0) is 18.6. The number of benzene rings is 3. The van der Waals surface area contributed by atoms with Gasteiger partial charge in [-0.25, -0.2) is 0 Å². The van der Waals surface area contributed by atoms with Crippen molar-refractivity contribution >= 4 is 39.9 Å². The minimum Gasteiger partial charge on any atom is -0.315 e. The molecule has 27 heavy (non-hydrogen) atoms. The standard InChI is InChI=1S/C22H18ClN3S/c1-2-26-21(19-10-9-17-5-3-4-6-18(17)13-19)15-27-22(26)25-24-14-16-7-11-20(23)12-8-16/h3-15H,2H2,1H3/b24-14-,25-22-. The third kappa shape index (κ3) is 3.87. The van der Waals surface area contributed by atoms with Gasteiger partial charge in [-0.15, -0.1) is 16.4 Å². The van der Waals surface area contributed by atoms with Crippen LogP contribution < -0.4 is 4.80 Å². The van der Waals surface area contributed by atoms with E-state index in [9.17, 15) is 0 Å². The Morgan fingerprint density at radius 1 is 1.00 bits per heavy atom. The Labute approximate surface area is 166 Å². The zero-order valence-corrected chi connectivity index (χ0v) is 16.4. The van der Waals surface area contributed by atoms with Crippen LogP contribution in [0.25, 0.3) is 22.0 Å². The molecule has 0 N–H and O–H groups in total. The van der Waals surface area contributed by atoms with E-state index < -0.39 is 0 Å². The van der Waals surface area contributed by atoms with Crippen LogP contribution in [0.1, 0.15) is 12.5 Å². The topological polar surface area (TPSA) is 29.6 Å².